The number of phenolic OH excluding ortho intramolecular Hbond substituents is 1. The van der Waals surface area contributed by atoms with Crippen molar-refractivity contribution in [3.63, 3.8) is 0 Å². The molecule has 0 aliphatic heterocycles. The van der Waals surface area contributed by atoms with Crippen molar-refractivity contribution in [2.24, 2.45) is 5.92 Å². The molecule has 1 saturated carbocycles. The molecule has 0 spiro atoms. The summed E-state index contributed by atoms with van der Waals surface area (Å²) in [6, 6.07) is 4.88. The number of rotatable bonds is 4. The lowest BCUT2D eigenvalue weighted by Crippen LogP contribution is -2.37. The van der Waals surface area contributed by atoms with Crippen LogP contribution in [-0.4, -0.2) is 24.2 Å². The number of carbonyl (C=O) groups excluding carboxylic acids is 1. The van der Waals surface area contributed by atoms with Crippen LogP contribution in [0.1, 0.15) is 43.0 Å². The Balaban J connectivity index is 2.01. The molecule has 1 unspecified atom stereocenters. The first kappa shape index (κ1) is 13.7. The first-order valence-electron chi connectivity index (χ1n) is 6.79. The fourth-order valence-corrected chi connectivity index (χ4v) is 2.70. The SMILES string of the molecule is COc1ccc(C(=O)NC(C)C2CCCC2)cc1O. The summed E-state index contributed by atoms with van der Waals surface area (Å²) in [7, 11) is 1.48. The minimum Gasteiger partial charge on any atom is -0.504 e. The van der Waals surface area contributed by atoms with Gasteiger partial charge in [-0.15, -0.1) is 0 Å². The van der Waals surface area contributed by atoms with E-state index in [2.05, 4.69) is 12.2 Å². The highest BCUT2D eigenvalue weighted by Crippen LogP contribution is 2.28. The first-order valence-corrected chi connectivity index (χ1v) is 6.79. The fourth-order valence-electron chi connectivity index (χ4n) is 2.70. The van der Waals surface area contributed by atoms with E-state index in [1.807, 2.05) is 0 Å². The summed E-state index contributed by atoms with van der Waals surface area (Å²) in [6.45, 7) is 2.05. The average molecular weight is 263 g/mol. The zero-order valence-corrected chi connectivity index (χ0v) is 11.5. The van der Waals surface area contributed by atoms with Crippen molar-refractivity contribution in [3.8, 4) is 11.5 Å². The topological polar surface area (TPSA) is 58.6 Å². The lowest BCUT2D eigenvalue weighted by molar-refractivity contribution is 0.0926. The van der Waals surface area contributed by atoms with Crippen LogP contribution in [0.3, 0.4) is 0 Å². The summed E-state index contributed by atoms with van der Waals surface area (Å²) >= 11 is 0. The molecule has 1 aliphatic rings. The van der Waals surface area contributed by atoms with Crippen LogP contribution < -0.4 is 10.1 Å². The normalized spacial score (nSPS) is 17.2. The van der Waals surface area contributed by atoms with Crippen molar-refractivity contribution in [1.82, 2.24) is 5.32 Å². The number of hydrogen-bond donors (Lipinski definition) is 2. The molecule has 104 valence electrons. The number of methoxy groups -OCH3 is 1. The Kier molecular flexibility index (Phi) is 4.30. The number of phenols is 1. The van der Waals surface area contributed by atoms with Gasteiger partial charge in [-0.3, -0.25) is 4.79 Å². The van der Waals surface area contributed by atoms with E-state index in [0.29, 0.717) is 17.2 Å². The molecule has 0 saturated heterocycles. The van der Waals surface area contributed by atoms with Gasteiger partial charge >= 0.3 is 0 Å². The molecule has 1 aromatic carbocycles. The van der Waals surface area contributed by atoms with Gasteiger partial charge in [-0.25, -0.2) is 0 Å². The van der Waals surface area contributed by atoms with Gasteiger partial charge in [-0.05, 0) is 43.9 Å². The van der Waals surface area contributed by atoms with E-state index in [0.717, 1.165) is 0 Å². The van der Waals surface area contributed by atoms with Crippen molar-refractivity contribution in [1.29, 1.82) is 0 Å². The number of ether oxygens (including phenoxy) is 1. The summed E-state index contributed by atoms with van der Waals surface area (Å²) in [6.07, 6.45) is 4.90. The number of hydrogen-bond acceptors (Lipinski definition) is 3. The third-order valence-corrected chi connectivity index (χ3v) is 3.91. The second kappa shape index (κ2) is 5.95. The van der Waals surface area contributed by atoms with Crippen LogP contribution in [0.2, 0.25) is 0 Å². The largest absolute Gasteiger partial charge is 0.504 e. The van der Waals surface area contributed by atoms with Crippen molar-refractivity contribution in [2.45, 2.75) is 38.6 Å². The highest BCUT2D eigenvalue weighted by molar-refractivity contribution is 5.95. The molecule has 4 heteroatoms. The Bertz CT molecular complexity index is 453. The lowest BCUT2D eigenvalue weighted by Gasteiger charge is -2.20. The molecule has 1 fully saturated rings. The number of amides is 1. The molecule has 0 heterocycles. The number of carbonyl (C=O) groups is 1. The van der Waals surface area contributed by atoms with Gasteiger partial charge in [0.2, 0.25) is 0 Å². The van der Waals surface area contributed by atoms with Gasteiger partial charge in [0.15, 0.2) is 11.5 Å². The van der Waals surface area contributed by atoms with Gasteiger partial charge in [0.25, 0.3) is 5.91 Å². The van der Waals surface area contributed by atoms with E-state index in [-0.39, 0.29) is 17.7 Å². The van der Waals surface area contributed by atoms with E-state index < -0.39 is 0 Å². The summed E-state index contributed by atoms with van der Waals surface area (Å²) in [5.41, 5.74) is 0.461. The maximum Gasteiger partial charge on any atom is 0.251 e. The van der Waals surface area contributed by atoms with Gasteiger partial charge in [-0.1, -0.05) is 12.8 Å². The maximum atomic E-state index is 12.1. The minimum atomic E-state index is -0.141. The third-order valence-electron chi connectivity index (χ3n) is 3.91. The second-order valence-electron chi connectivity index (χ2n) is 5.19. The van der Waals surface area contributed by atoms with Crippen LogP contribution in [-0.2, 0) is 0 Å². The van der Waals surface area contributed by atoms with Crippen molar-refractivity contribution >= 4 is 5.91 Å². The van der Waals surface area contributed by atoms with E-state index in [4.69, 9.17) is 4.74 Å². The molecule has 1 aliphatic carbocycles. The van der Waals surface area contributed by atoms with Crippen LogP contribution in [0.5, 0.6) is 11.5 Å². The summed E-state index contributed by atoms with van der Waals surface area (Å²) in [4.78, 5) is 12.1. The molecular formula is C15H21NO3. The zero-order chi connectivity index (χ0) is 13.8. The Morgan fingerprint density at radius 2 is 2.11 bits per heavy atom. The van der Waals surface area contributed by atoms with Crippen molar-refractivity contribution in [2.75, 3.05) is 7.11 Å². The summed E-state index contributed by atoms with van der Waals surface area (Å²) < 4.78 is 4.96. The van der Waals surface area contributed by atoms with Gasteiger partial charge in [-0.2, -0.15) is 0 Å². The molecule has 2 rings (SSSR count). The Hall–Kier alpha value is -1.71. The lowest BCUT2D eigenvalue weighted by atomic mass is 9.99. The van der Waals surface area contributed by atoms with Gasteiger partial charge in [0, 0.05) is 11.6 Å². The quantitative estimate of drug-likeness (QED) is 0.878. The molecule has 1 aromatic rings. The molecule has 2 N–H and O–H groups in total. The molecule has 0 aromatic heterocycles. The number of aromatic hydroxyl groups is 1. The van der Waals surface area contributed by atoms with E-state index in [9.17, 15) is 9.90 Å². The van der Waals surface area contributed by atoms with Gasteiger partial charge < -0.3 is 15.2 Å². The number of benzene rings is 1. The van der Waals surface area contributed by atoms with Crippen LogP contribution >= 0.6 is 0 Å². The molecule has 1 atom stereocenters. The third kappa shape index (κ3) is 3.19. The highest BCUT2D eigenvalue weighted by Gasteiger charge is 2.23. The predicted octanol–water partition coefficient (Wildman–Crippen LogP) is 2.71. The Morgan fingerprint density at radius 3 is 2.68 bits per heavy atom. The molecule has 0 radical (unpaired) electrons. The Morgan fingerprint density at radius 1 is 1.42 bits per heavy atom. The minimum absolute atomic E-state index is 0.0105. The monoisotopic (exact) mass is 263 g/mol. The first-order chi connectivity index (χ1) is 9.11. The summed E-state index contributed by atoms with van der Waals surface area (Å²) in [5.74, 6) is 0.803. The van der Waals surface area contributed by atoms with E-state index in [1.54, 1.807) is 12.1 Å². The van der Waals surface area contributed by atoms with Crippen molar-refractivity contribution < 1.29 is 14.6 Å². The Labute approximate surface area is 113 Å². The molecule has 0 bridgehead atoms. The summed E-state index contributed by atoms with van der Waals surface area (Å²) in [5, 5.41) is 12.7. The van der Waals surface area contributed by atoms with Crippen LogP contribution in [0.15, 0.2) is 18.2 Å². The van der Waals surface area contributed by atoms with Crippen molar-refractivity contribution in [3.05, 3.63) is 23.8 Å². The average Bonchev–Trinajstić information content (AvgIpc) is 2.92. The molecule has 19 heavy (non-hydrogen) atoms. The highest BCUT2D eigenvalue weighted by atomic mass is 16.5. The van der Waals surface area contributed by atoms with E-state index >= 15 is 0 Å². The van der Waals surface area contributed by atoms with Crippen LogP contribution in [0.25, 0.3) is 0 Å². The molecular weight excluding hydrogens is 242 g/mol. The van der Waals surface area contributed by atoms with Gasteiger partial charge in [0.1, 0.15) is 0 Å². The molecule has 4 nitrogen and oxygen atoms in total. The van der Waals surface area contributed by atoms with Crippen LogP contribution in [0, 0.1) is 5.92 Å². The number of nitrogens with one attached hydrogen (secondary N) is 1. The second-order valence-corrected chi connectivity index (χ2v) is 5.19. The van der Waals surface area contributed by atoms with E-state index in [1.165, 1.54) is 38.9 Å². The molecule has 1 amide bonds. The standard InChI is InChI=1S/C15H21NO3/c1-10(11-5-3-4-6-11)16-15(18)12-7-8-14(19-2)13(17)9-12/h7-11,17H,3-6H2,1-2H3,(H,16,18). The fraction of sp³-hybridized carbons (Fsp3) is 0.533. The predicted molar refractivity (Wildman–Crippen MR) is 73.5 cm³/mol. The maximum absolute atomic E-state index is 12.1. The zero-order valence-electron chi connectivity index (χ0n) is 11.5. The van der Waals surface area contributed by atoms with Gasteiger partial charge in [0.05, 0.1) is 7.11 Å². The van der Waals surface area contributed by atoms with Crippen LogP contribution in [0.4, 0.5) is 0 Å². The smallest absolute Gasteiger partial charge is 0.251 e.